The molecule has 0 amide bonds. The number of Topliss-reactive ketones (excluding diaryl/α,β-unsaturated/α-hetero) is 3. The minimum Gasteiger partial charge on any atom is -0.507 e. The third kappa shape index (κ3) is 2.01. The molecule has 0 saturated heterocycles. The van der Waals surface area contributed by atoms with Crippen LogP contribution < -0.4 is 0 Å². The molecule has 5 nitrogen and oxygen atoms in total. The quantitative estimate of drug-likeness (QED) is 0.791. The third-order valence-corrected chi connectivity index (χ3v) is 3.38. The highest BCUT2D eigenvalue weighted by Gasteiger charge is 2.33. The number of carbonyl (C=O) groups excluding carboxylic acids is 3. The third-order valence-electron chi connectivity index (χ3n) is 3.38. The number of benzene rings is 1. The average Bonchev–Trinajstić information content (AvgIpc) is 2.34. The van der Waals surface area contributed by atoms with Crippen molar-refractivity contribution in [1.29, 1.82) is 0 Å². The van der Waals surface area contributed by atoms with Gasteiger partial charge >= 0.3 is 0 Å². The zero-order chi connectivity index (χ0) is 14.3. The summed E-state index contributed by atoms with van der Waals surface area (Å²) in [4.78, 5) is 34.8. The van der Waals surface area contributed by atoms with Crippen LogP contribution in [0.1, 0.15) is 51.6 Å². The number of phenols is 2. The zero-order valence-corrected chi connectivity index (χ0v) is 10.7. The van der Waals surface area contributed by atoms with Gasteiger partial charge in [-0.1, -0.05) is 0 Å². The van der Waals surface area contributed by atoms with Crippen LogP contribution in [0.15, 0.2) is 0 Å². The van der Waals surface area contributed by atoms with Gasteiger partial charge in [0.25, 0.3) is 0 Å². The molecule has 0 heterocycles. The highest BCUT2D eigenvalue weighted by Crippen LogP contribution is 2.41. The maximum atomic E-state index is 11.8. The lowest BCUT2D eigenvalue weighted by Gasteiger charge is -2.20. The van der Waals surface area contributed by atoms with Crippen molar-refractivity contribution in [3.8, 4) is 11.5 Å². The van der Waals surface area contributed by atoms with Crippen molar-refractivity contribution < 1.29 is 24.6 Å². The number of fused-ring (bicyclic) bond motifs is 1. The molecule has 0 spiro atoms. The first-order valence-corrected chi connectivity index (χ1v) is 5.97. The van der Waals surface area contributed by atoms with E-state index in [2.05, 4.69) is 0 Å². The van der Waals surface area contributed by atoms with E-state index in [4.69, 9.17) is 0 Å². The SMILES string of the molecule is CC(=O)Cc1c(C)c(O)c2c(c1O)C(=O)CCC2=O. The zero-order valence-electron chi connectivity index (χ0n) is 10.7. The Morgan fingerprint density at radius 1 is 1.05 bits per heavy atom. The normalized spacial score (nSPS) is 14.4. The first-order valence-electron chi connectivity index (χ1n) is 5.97. The maximum Gasteiger partial charge on any atom is 0.167 e. The Labute approximate surface area is 109 Å². The number of carbonyl (C=O) groups is 3. The van der Waals surface area contributed by atoms with Gasteiger partial charge in [0.15, 0.2) is 11.6 Å². The molecule has 0 fully saturated rings. The minimum absolute atomic E-state index is 0.0153. The van der Waals surface area contributed by atoms with Crippen molar-refractivity contribution in [1.82, 2.24) is 0 Å². The number of hydrogen-bond donors (Lipinski definition) is 2. The first-order chi connectivity index (χ1) is 8.84. The fourth-order valence-corrected chi connectivity index (χ4v) is 2.38. The molecule has 0 atom stereocenters. The van der Waals surface area contributed by atoms with Crippen LogP contribution in [0.2, 0.25) is 0 Å². The van der Waals surface area contributed by atoms with Crippen molar-refractivity contribution in [2.75, 3.05) is 0 Å². The van der Waals surface area contributed by atoms with Crippen LogP contribution in [0, 0.1) is 6.92 Å². The Balaban J connectivity index is 2.79. The summed E-state index contributed by atoms with van der Waals surface area (Å²) < 4.78 is 0. The Morgan fingerprint density at radius 2 is 1.53 bits per heavy atom. The summed E-state index contributed by atoms with van der Waals surface area (Å²) in [7, 11) is 0. The van der Waals surface area contributed by atoms with E-state index in [1.165, 1.54) is 13.8 Å². The molecule has 19 heavy (non-hydrogen) atoms. The summed E-state index contributed by atoms with van der Waals surface area (Å²) in [6.45, 7) is 2.86. The van der Waals surface area contributed by atoms with E-state index in [9.17, 15) is 24.6 Å². The Hall–Kier alpha value is -2.17. The average molecular weight is 262 g/mol. The van der Waals surface area contributed by atoms with Crippen molar-refractivity contribution in [3.63, 3.8) is 0 Å². The van der Waals surface area contributed by atoms with E-state index in [1.54, 1.807) is 0 Å². The highest BCUT2D eigenvalue weighted by atomic mass is 16.3. The van der Waals surface area contributed by atoms with Crippen LogP contribution >= 0.6 is 0 Å². The molecule has 0 aromatic heterocycles. The van der Waals surface area contributed by atoms with E-state index in [0.29, 0.717) is 0 Å². The van der Waals surface area contributed by atoms with Gasteiger partial charge in [-0.2, -0.15) is 0 Å². The van der Waals surface area contributed by atoms with E-state index >= 15 is 0 Å². The molecule has 2 rings (SSSR count). The minimum atomic E-state index is -0.382. The molecular formula is C14H14O5. The second-order valence-corrected chi connectivity index (χ2v) is 4.78. The van der Waals surface area contributed by atoms with Gasteiger partial charge in [-0.15, -0.1) is 0 Å². The van der Waals surface area contributed by atoms with E-state index in [0.717, 1.165) is 0 Å². The van der Waals surface area contributed by atoms with Crippen LogP contribution in [-0.2, 0) is 11.2 Å². The second-order valence-electron chi connectivity index (χ2n) is 4.78. The molecular weight excluding hydrogens is 248 g/mol. The molecule has 2 N–H and O–H groups in total. The number of rotatable bonds is 2. The van der Waals surface area contributed by atoms with Gasteiger partial charge in [0.05, 0.1) is 11.1 Å². The first kappa shape index (κ1) is 13.3. The number of phenolic OH excluding ortho intramolecular Hbond substituents is 2. The molecule has 1 aliphatic rings. The molecule has 0 saturated carbocycles. The van der Waals surface area contributed by atoms with E-state index < -0.39 is 0 Å². The number of aromatic hydroxyl groups is 2. The summed E-state index contributed by atoms with van der Waals surface area (Å²) in [5.74, 6) is -1.60. The number of hydrogen-bond acceptors (Lipinski definition) is 5. The summed E-state index contributed by atoms with van der Waals surface area (Å²) >= 11 is 0. The lowest BCUT2D eigenvalue weighted by atomic mass is 9.83. The van der Waals surface area contributed by atoms with Crippen LogP contribution in [0.25, 0.3) is 0 Å². The molecule has 5 heteroatoms. The molecule has 0 unspecified atom stereocenters. The van der Waals surface area contributed by atoms with E-state index in [-0.39, 0.29) is 70.4 Å². The molecule has 1 aliphatic carbocycles. The van der Waals surface area contributed by atoms with Crippen molar-refractivity contribution in [3.05, 3.63) is 22.3 Å². The monoisotopic (exact) mass is 262 g/mol. The molecule has 0 radical (unpaired) electrons. The number of ketones is 3. The smallest absolute Gasteiger partial charge is 0.167 e. The Morgan fingerprint density at radius 3 is 2.00 bits per heavy atom. The topological polar surface area (TPSA) is 91.7 Å². The van der Waals surface area contributed by atoms with Gasteiger partial charge in [0, 0.05) is 24.8 Å². The molecule has 0 aliphatic heterocycles. The Kier molecular flexibility index (Phi) is 3.14. The lowest BCUT2D eigenvalue weighted by molar-refractivity contribution is -0.116. The highest BCUT2D eigenvalue weighted by molar-refractivity contribution is 6.17. The predicted molar refractivity (Wildman–Crippen MR) is 66.8 cm³/mol. The van der Waals surface area contributed by atoms with Crippen molar-refractivity contribution in [2.45, 2.75) is 33.1 Å². The molecule has 0 bridgehead atoms. The van der Waals surface area contributed by atoms with Gasteiger partial charge in [0.2, 0.25) is 0 Å². The van der Waals surface area contributed by atoms with E-state index in [1.807, 2.05) is 0 Å². The van der Waals surface area contributed by atoms with Gasteiger partial charge in [-0.3, -0.25) is 14.4 Å². The summed E-state index contributed by atoms with van der Waals surface area (Å²) in [6.07, 6.45) is -0.0360. The van der Waals surface area contributed by atoms with Crippen LogP contribution in [0.4, 0.5) is 0 Å². The molecule has 1 aromatic carbocycles. The van der Waals surface area contributed by atoms with Crippen molar-refractivity contribution in [2.24, 2.45) is 0 Å². The fraction of sp³-hybridized carbons (Fsp3) is 0.357. The maximum absolute atomic E-state index is 11.8. The van der Waals surface area contributed by atoms with Crippen LogP contribution in [0.5, 0.6) is 11.5 Å². The molecule has 1 aromatic rings. The Bertz CT molecular complexity index is 613. The molecule has 100 valence electrons. The van der Waals surface area contributed by atoms with Crippen molar-refractivity contribution >= 4 is 17.3 Å². The summed E-state index contributed by atoms with van der Waals surface area (Å²) in [6, 6.07) is 0. The van der Waals surface area contributed by atoms with Crippen LogP contribution in [-0.4, -0.2) is 27.6 Å². The standard InChI is InChI=1S/C14H14O5/c1-6(15)5-8-7(2)13(18)11-9(16)3-4-10(17)12(11)14(8)19/h18-19H,3-5H2,1-2H3. The summed E-state index contributed by atoms with van der Waals surface area (Å²) in [5.41, 5.74) is 0.232. The van der Waals surface area contributed by atoms with Gasteiger partial charge < -0.3 is 10.2 Å². The van der Waals surface area contributed by atoms with Gasteiger partial charge in [-0.25, -0.2) is 0 Å². The second kappa shape index (κ2) is 4.50. The lowest BCUT2D eigenvalue weighted by Crippen LogP contribution is -2.19. The fourth-order valence-electron chi connectivity index (χ4n) is 2.38. The summed E-state index contributed by atoms with van der Waals surface area (Å²) in [5, 5.41) is 20.2. The van der Waals surface area contributed by atoms with Crippen LogP contribution in [0.3, 0.4) is 0 Å². The van der Waals surface area contributed by atoms with Gasteiger partial charge in [-0.05, 0) is 19.4 Å². The van der Waals surface area contributed by atoms with Gasteiger partial charge in [0.1, 0.15) is 17.3 Å². The largest absolute Gasteiger partial charge is 0.507 e. The predicted octanol–water partition coefficient (Wildman–Crippen LogP) is 1.70.